The Hall–Kier alpha value is -2.47. The smallest absolute Gasteiger partial charge is 0.271 e. The van der Waals surface area contributed by atoms with Gasteiger partial charge in [0.05, 0.1) is 0 Å². The molecular weight excluding hydrogens is 280 g/mol. The maximum Gasteiger partial charge on any atom is 0.271 e. The molecule has 0 spiro atoms. The molecule has 0 saturated carbocycles. The summed E-state index contributed by atoms with van der Waals surface area (Å²) < 4.78 is 0. The van der Waals surface area contributed by atoms with Crippen molar-refractivity contribution in [2.45, 2.75) is 13.0 Å². The van der Waals surface area contributed by atoms with E-state index in [1.165, 1.54) is 17.7 Å². The topological polar surface area (TPSA) is 78.1 Å². The summed E-state index contributed by atoms with van der Waals surface area (Å²) in [6.45, 7) is 2.34. The van der Waals surface area contributed by atoms with Crippen molar-refractivity contribution in [3.63, 3.8) is 0 Å². The van der Waals surface area contributed by atoms with Crippen molar-refractivity contribution in [1.82, 2.24) is 20.4 Å². The highest BCUT2D eigenvalue weighted by Crippen LogP contribution is 2.02. The SMILES string of the molecule is CN(CCCNC(=O)c1ccc(=O)[nH]n1)Cc1ccccc1. The van der Waals surface area contributed by atoms with Gasteiger partial charge in [-0.25, -0.2) is 5.10 Å². The number of hydrogen-bond donors (Lipinski definition) is 2. The van der Waals surface area contributed by atoms with Gasteiger partial charge in [0.25, 0.3) is 11.5 Å². The Bertz CT molecular complexity index is 634. The van der Waals surface area contributed by atoms with E-state index in [0.29, 0.717) is 6.54 Å². The quantitative estimate of drug-likeness (QED) is 0.748. The molecule has 116 valence electrons. The van der Waals surface area contributed by atoms with E-state index >= 15 is 0 Å². The van der Waals surface area contributed by atoms with Crippen LogP contribution in [0.15, 0.2) is 47.3 Å². The fraction of sp³-hybridized carbons (Fsp3) is 0.312. The van der Waals surface area contributed by atoms with Crippen molar-refractivity contribution < 1.29 is 4.79 Å². The standard InChI is InChI=1S/C16H20N4O2/c1-20(12-13-6-3-2-4-7-13)11-5-10-17-16(22)14-8-9-15(21)19-18-14/h2-4,6-9H,5,10-12H2,1H3,(H,17,22)(H,19,21). The van der Waals surface area contributed by atoms with Gasteiger partial charge in [-0.05, 0) is 31.6 Å². The van der Waals surface area contributed by atoms with Gasteiger partial charge in [-0.15, -0.1) is 0 Å². The van der Waals surface area contributed by atoms with Crippen LogP contribution in [0.5, 0.6) is 0 Å². The number of aromatic nitrogens is 2. The summed E-state index contributed by atoms with van der Waals surface area (Å²) >= 11 is 0. The average Bonchev–Trinajstić information content (AvgIpc) is 2.53. The molecule has 0 atom stereocenters. The second-order valence-electron chi connectivity index (χ2n) is 5.14. The molecule has 0 bridgehead atoms. The van der Waals surface area contributed by atoms with Crippen LogP contribution in [0.2, 0.25) is 0 Å². The number of nitrogens with one attached hydrogen (secondary N) is 2. The minimum Gasteiger partial charge on any atom is -0.351 e. The van der Waals surface area contributed by atoms with Crippen LogP contribution in [0.4, 0.5) is 0 Å². The Kier molecular flexibility index (Phi) is 5.85. The number of hydrogen-bond acceptors (Lipinski definition) is 4. The van der Waals surface area contributed by atoms with Crippen LogP contribution < -0.4 is 10.9 Å². The van der Waals surface area contributed by atoms with Gasteiger partial charge in [0.2, 0.25) is 0 Å². The van der Waals surface area contributed by atoms with Crippen LogP contribution in [0, 0.1) is 0 Å². The predicted molar refractivity (Wildman–Crippen MR) is 84.6 cm³/mol. The molecule has 2 N–H and O–H groups in total. The van der Waals surface area contributed by atoms with E-state index in [0.717, 1.165) is 19.5 Å². The summed E-state index contributed by atoms with van der Waals surface area (Å²) in [6, 6.07) is 13.0. The van der Waals surface area contributed by atoms with Crippen molar-refractivity contribution in [1.29, 1.82) is 0 Å². The van der Waals surface area contributed by atoms with Gasteiger partial charge in [-0.1, -0.05) is 30.3 Å². The summed E-state index contributed by atoms with van der Waals surface area (Å²) in [4.78, 5) is 24.9. The molecule has 6 nitrogen and oxygen atoms in total. The van der Waals surface area contributed by atoms with Crippen LogP contribution in [0.25, 0.3) is 0 Å². The van der Waals surface area contributed by atoms with Crippen molar-refractivity contribution in [2.24, 2.45) is 0 Å². The maximum absolute atomic E-state index is 11.8. The Labute approximate surface area is 129 Å². The molecular formula is C16H20N4O2. The highest BCUT2D eigenvalue weighted by molar-refractivity contribution is 5.91. The summed E-state index contributed by atoms with van der Waals surface area (Å²) in [5.41, 5.74) is 1.17. The van der Waals surface area contributed by atoms with E-state index in [-0.39, 0.29) is 17.2 Å². The first kappa shape index (κ1) is 15.9. The second-order valence-corrected chi connectivity index (χ2v) is 5.14. The molecule has 2 aromatic rings. The maximum atomic E-state index is 11.8. The van der Waals surface area contributed by atoms with Gasteiger partial charge in [0.15, 0.2) is 0 Å². The van der Waals surface area contributed by atoms with Crippen molar-refractivity contribution in [2.75, 3.05) is 20.1 Å². The molecule has 0 aliphatic rings. The zero-order valence-corrected chi connectivity index (χ0v) is 12.6. The molecule has 22 heavy (non-hydrogen) atoms. The first-order valence-corrected chi connectivity index (χ1v) is 7.21. The zero-order chi connectivity index (χ0) is 15.8. The molecule has 0 aliphatic carbocycles. The van der Waals surface area contributed by atoms with Crippen molar-refractivity contribution >= 4 is 5.91 Å². The Morgan fingerprint density at radius 3 is 2.68 bits per heavy atom. The third-order valence-corrected chi connectivity index (χ3v) is 3.21. The predicted octanol–water partition coefficient (Wildman–Crippen LogP) is 1.02. The van der Waals surface area contributed by atoms with E-state index in [4.69, 9.17) is 0 Å². The van der Waals surface area contributed by atoms with Crippen LogP contribution in [0.1, 0.15) is 22.5 Å². The number of nitrogens with zero attached hydrogens (tertiary/aromatic N) is 2. The average molecular weight is 300 g/mol. The number of H-pyrrole nitrogens is 1. The van der Waals surface area contributed by atoms with E-state index in [1.807, 2.05) is 18.2 Å². The van der Waals surface area contributed by atoms with E-state index in [9.17, 15) is 9.59 Å². The number of benzene rings is 1. The van der Waals surface area contributed by atoms with Crippen molar-refractivity contribution in [3.8, 4) is 0 Å². The molecule has 2 rings (SSSR count). The number of rotatable bonds is 7. The van der Waals surface area contributed by atoms with Crippen LogP contribution >= 0.6 is 0 Å². The lowest BCUT2D eigenvalue weighted by Gasteiger charge is -2.16. The van der Waals surface area contributed by atoms with E-state index in [2.05, 4.69) is 39.6 Å². The molecule has 0 radical (unpaired) electrons. The first-order chi connectivity index (χ1) is 10.6. The van der Waals surface area contributed by atoms with E-state index < -0.39 is 0 Å². The van der Waals surface area contributed by atoms with Crippen LogP contribution in [0.3, 0.4) is 0 Å². The third kappa shape index (κ3) is 5.14. The molecule has 0 unspecified atom stereocenters. The first-order valence-electron chi connectivity index (χ1n) is 7.21. The fourth-order valence-electron chi connectivity index (χ4n) is 2.09. The zero-order valence-electron chi connectivity index (χ0n) is 12.6. The normalized spacial score (nSPS) is 10.6. The highest BCUT2D eigenvalue weighted by Gasteiger charge is 2.06. The van der Waals surface area contributed by atoms with Gasteiger partial charge in [-0.3, -0.25) is 9.59 Å². The Balaban J connectivity index is 1.67. The summed E-state index contributed by atoms with van der Waals surface area (Å²) in [5, 5.41) is 8.72. The molecule has 1 heterocycles. The lowest BCUT2D eigenvalue weighted by Crippen LogP contribution is -2.29. The largest absolute Gasteiger partial charge is 0.351 e. The van der Waals surface area contributed by atoms with Gasteiger partial charge in [-0.2, -0.15) is 5.10 Å². The molecule has 0 saturated heterocycles. The van der Waals surface area contributed by atoms with Crippen LogP contribution in [-0.4, -0.2) is 41.1 Å². The number of aromatic amines is 1. The number of carbonyl (C=O) groups excluding carboxylic acids is 1. The van der Waals surface area contributed by atoms with Gasteiger partial charge in [0, 0.05) is 19.2 Å². The molecule has 0 fully saturated rings. The molecule has 1 aromatic carbocycles. The number of amides is 1. The second kappa shape index (κ2) is 8.09. The van der Waals surface area contributed by atoms with E-state index in [1.54, 1.807) is 0 Å². The monoisotopic (exact) mass is 300 g/mol. The molecule has 1 amide bonds. The summed E-state index contributed by atoms with van der Waals surface area (Å²) in [6.07, 6.45) is 0.846. The lowest BCUT2D eigenvalue weighted by atomic mass is 10.2. The minimum absolute atomic E-state index is 0.220. The third-order valence-electron chi connectivity index (χ3n) is 3.21. The van der Waals surface area contributed by atoms with Gasteiger partial charge in [0.1, 0.15) is 5.69 Å². The van der Waals surface area contributed by atoms with Gasteiger partial charge >= 0.3 is 0 Å². The Morgan fingerprint density at radius 1 is 1.23 bits per heavy atom. The number of carbonyl (C=O) groups is 1. The highest BCUT2D eigenvalue weighted by atomic mass is 16.2. The fourth-order valence-corrected chi connectivity index (χ4v) is 2.09. The summed E-state index contributed by atoms with van der Waals surface area (Å²) in [5.74, 6) is -0.276. The van der Waals surface area contributed by atoms with Crippen LogP contribution in [-0.2, 0) is 6.54 Å². The molecule has 1 aromatic heterocycles. The molecule has 0 aliphatic heterocycles. The lowest BCUT2D eigenvalue weighted by molar-refractivity contribution is 0.0946. The summed E-state index contributed by atoms with van der Waals surface area (Å²) in [7, 11) is 2.05. The minimum atomic E-state index is -0.320. The van der Waals surface area contributed by atoms with Gasteiger partial charge < -0.3 is 10.2 Å². The molecule has 6 heteroatoms. The Morgan fingerprint density at radius 2 is 2.00 bits per heavy atom. The van der Waals surface area contributed by atoms with Crippen molar-refractivity contribution in [3.05, 3.63) is 64.1 Å².